The van der Waals surface area contributed by atoms with Crippen molar-refractivity contribution >= 4 is 6.09 Å². The molecule has 0 rings (SSSR count). The van der Waals surface area contributed by atoms with Crippen LogP contribution in [0.3, 0.4) is 0 Å². The molecule has 0 aromatic carbocycles. The Morgan fingerprint density at radius 3 is 1.12 bits per heavy atom. The smallest absolute Gasteiger partial charge is 0.407 e. The van der Waals surface area contributed by atoms with Gasteiger partial charge in [-0.3, -0.25) is 0 Å². The van der Waals surface area contributed by atoms with Crippen molar-refractivity contribution in [3.05, 3.63) is 0 Å². The van der Waals surface area contributed by atoms with Crippen LogP contribution >= 0.6 is 0 Å². The number of hydrogen-bond donors (Lipinski definition) is 2. The topological polar surface area (TPSA) is 67.8 Å². The number of aliphatic hydroxyl groups excluding tert-OH is 1. The van der Waals surface area contributed by atoms with Crippen molar-refractivity contribution in [3.63, 3.8) is 0 Å². The first-order valence-electron chi connectivity index (χ1n) is 22.1. The van der Waals surface area contributed by atoms with E-state index in [4.69, 9.17) is 9.47 Å². The third-order valence-corrected chi connectivity index (χ3v) is 10.2. The summed E-state index contributed by atoms with van der Waals surface area (Å²) in [5.41, 5.74) is -0.536. The summed E-state index contributed by atoms with van der Waals surface area (Å²) >= 11 is 0. The molecule has 0 radical (unpaired) electrons. The van der Waals surface area contributed by atoms with E-state index in [1.807, 2.05) is 13.8 Å². The minimum atomic E-state index is -0.536. The van der Waals surface area contributed by atoms with Crippen molar-refractivity contribution in [3.8, 4) is 0 Å². The number of hydrogen-bond acceptors (Lipinski definition) is 4. The number of unbranched alkanes of at least 4 members (excludes halogenated alkanes) is 29. The summed E-state index contributed by atoms with van der Waals surface area (Å²) in [6.45, 7) is 9.36. The van der Waals surface area contributed by atoms with Gasteiger partial charge in [0, 0.05) is 13.2 Å². The van der Waals surface area contributed by atoms with E-state index >= 15 is 0 Å². The van der Waals surface area contributed by atoms with E-state index < -0.39 is 5.60 Å². The van der Waals surface area contributed by atoms with E-state index in [0.29, 0.717) is 19.6 Å². The first kappa shape index (κ1) is 48.2. The van der Waals surface area contributed by atoms with Crippen LogP contribution in [0.25, 0.3) is 0 Å². The van der Waals surface area contributed by atoms with Gasteiger partial charge in [0.2, 0.25) is 0 Å². The van der Waals surface area contributed by atoms with E-state index in [0.717, 1.165) is 25.7 Å². The van der Waals surface area contributed by atoms with Gasteiger partial charge in [0.05, 0.1) is 12.2 Å². The molecule has 0 aromatic rings. The van der Waals surface area contributed by atoms with Gasteiger partial charge in [-0.25, -0.2) is 4.79 Å². The maximum atomic E-state index is 12.6. The molecule has 294 valence electrons. The highest BCUT2D eigenvalue weighted by molar-refractivity contribution is 5.67. The van der Waals surface area contributed by atoms with Crippen LogP contribution in [0.1, 0.15) is 246 Å². The molecule has 0 aliphatic rings. The molecule has 5 heteroatoms. The normalized spacial score (nSPS) is 12.4. The fourth-order valence-electron chi connectivity index (χ4n) is 6.78. The lowest BCUT2D eigenvalue weighted by Gasteiger charge is -2.22. The molecule has 5 nitrogen and oxygen atoms in total. The quantitative estimate of drug-likeness (QED) is 0.0626. The molecule has 1 amide bonds. The largest absolute Gasteiger partial charge is 0.446 e. The zero-order valence-electron chi connectivity index (χ0n) is 33.9. The average molecular weight is 696 g/mol. The van der Waals surface area contributed by atoms with Gasteiger partial charge in [-0.2, -0.15) is 0 Å². The number of amides is 1. The number of carbonyl (C=O) groups is 1. The van der Waals surface area contributed by atoms with Crippen LogP contribution in [0.15, 0.2) is 0 Å². The van der Waals surface area contributed by atoms with Crippen molar-refractivity contribution in [2.75, 3.05) is 19.8 Å². The SMILES string of the molecule is CCCCCCCCCCCCCCCCCCC(CCCCCCCCCCCCCCCCC)OC(=O)NCCCOC(C)(C)CO. The molecular formula is C44H89NO4. The number of carbonyl (C=O) groups excluding carboxylic acids is 1. The first-order chi connectivity index (χ1) is 23.9. The minimum absolute atomic E-state index is 0.0111. The van der Waals surface area contributed by atoms with Crippen molar-refractivity contribution in [2.24, 2.45) is 0 Å². The average Bonchev–Trinajstić information content (AvgIpc) is 3.09. The zero-order chi connectivity index (χ0) is 35.9. The minimum Gasteiger partial charge on any atom is -0.446 e. The molecule has 0 saturated heterocycles. The van der Waals surface area contributed by atoms with E-state index in [9.17, 15) is 9.90 Å². The lowest BCUT2D eigenvalue weighted by molar-refractivity contribution is -0.0539. The predicted octanol–water partition coefficient (Wildman–Crippen LogP) is 14.2. The molecule has 1 unspecified atom stereocenters. The summed E-state index contributed by atoms with van der Waals surface area (Å²) in [6.07, 6.45) is 45.0. The Morgan fingerprint density at radius 2 is 0.816 bits per heavy atom. The van der Waals surface area contributed by atoms with Crippen molar-refractivity contribution < 1.29 is 19.4 Å². The van der Waals surface area contributed by atoms with Crippen molar-refractivity contribution in [2.45, 2.75) is 258 Å². The highest BCUT2D eigenvalue weighted by Gasteiger charge is 2.17. The van der Waals surface area contributed by atoms with E-state index in [-0.39, 0.29) is 18.8 Å². The molecule has 0 fully saturated rings. The Balaban J connectivity index is 4.06. The molecule has 0 spiro atoms. The van der Waals surface area contributed by atoms with Gasteiger partial charge < -0.3 is 19.9 Å². The van der Waals surface area contributed by atoms with Crippen LogP contribution < -0.4 is 5.32 Å². The van der Waals surface area contributed by atoms with Gasteiger partial charge >= 0.3 is 6.09 Å². The lowest BCUT2D eigenvalue weighted by atomic mass is 10.0. The third-order valence-electron chi connectivity index (χ3n) is 10.2. The van der Waals surface area contributed by atoms with Crippen molar-refractivity contribution in [1.82, 2.24) is 5.32 Å². The molecule has 0 aromatic heterocycles. The van der Waals surface area contributed by atoms with Gasteiger partial charge in [0.25, 0.3) is 0 Å². The Bertz CT molecular complexity index is 655. The molecule has 0 heterocycles. The van der Waals surface area contributed by atoms with Gasteiger partial charge in [0.15, 0.2) is 0 Å². The Morgan fingerprint density at radius 1 is 0.510 bits per heavy atom. The Hall–Kier alpha value is -0.810. The fourth-order valence-corrected chi connectivity index (χ4v) is 6.78. The molecule has 0 aliphatic carbocycles. The molecule has 2 N–H and O–H groups in total. The second-order valence-corrected chi connectivity index (χ2v) is 15.9. The van der Waals surface area contributed by atoms with Crippen LogP contribution in [0.4, 0.5) is 4.79 Å². The van der Waals surface area contributed by atoms with Gasteiger partial charge in [-0.05, 0) is 46.0 Å². The lowest BCUT2D eigenvalue weighted by Crippen LogP contribution is -2.32. The number of aliphatic hydroxyl groups is 1. The van der Waals surface area contributed by atoms with Crippen LogP contribution in [-0.4, -0.2) is 42.7 Å². The van der Waals surface area contributed by atoms with Crippen LogP contribution in [0, 0.1) is 0 Å². The highest BCUT2D eigenvalue weighted by Crippen LogP contribution is 2.19. The van der Waals surface area contributed by atoms with Crippen LogP contribution in [0.2, 0.25) is 0 Å². The summed E-state index contributed by atoms with van der Waals surface area (Å²) in [6, 6.07) is 0. The number of ether oxygens (including phenoxy) is 2. The molecular weight excluding hydrogens is 606 g/mol. The molecule has 0 bridgehead atoms. The van der Waals surface area contributed by atoms with E-state index in [2.05, 4.69) is 19.2 Å². The molecule has 1 atom stereocenters. The third kappa shape index (κ3) is 38.3. The summed E-state index contributed by atoms with van der Waals surface area (Å²) in [4.78, 5) is 12.6. The standard InChI is InChI=1S/C44H89NO4/c1-5-7-9-11-13-15-17-19-21-23-25-27-29-31-33-35-38-42(49-43(47)45-39-36-40-48-44(3,4)41-46)37-34-32-30-28-26-24-22-20-18-16-14-12-10-8-6-2/h42,46H,5-41H2,1-4H3,(H,45,47). The fraction of sp³-hybridized carbons (Fsp3) is 0.977. The Kier molecular flexibility index (Phi) is 37.8. The summed E-state index contributed by atoms with van der Waals surface area (Å²) < 4.78 is 11.6. The second kappa shape index (κ2) is 38.4. The van der Waals surface area contributed by atoms with Gasteiger partial charge in [-0.15, -0.1) is 0 Å². The van der Waals surface area contributed by atoms with Crippen molar-refractivity contribution in [1.29, 1.82) is 0 Å². The summed E-state index contributed by atoms with van der Waals surface area (Å²) in [7, 11) is 0. The predicted molar refractivity (Wildman–Crippen MR) is 214 cm³/mol. The molecule has 0 aliphatic heterocycles. The summed E-state index contributed by atoms with van der Waals surface area (Å²) in [5.74, 6) is 0. The van der Waals surface area contributed by atoms with Gasteiger partial charge in [0.1, 0.15) is 6.10 Å². The zero-order valence-corrected chi connectivity index (χ0v) is 33.9. The molecule has 0 saturated carbocycles. The first-order valence-corrected chi connectivity index (χ1v) is 22.1. The molecule has 49 heavy (non-hydrogen) atoms. The maximum absolute atomic E-state index is 12.6. The monoisotopic (exact) mass is 696 g/mol. The second-order valence-electron chi connectivity index (χ2n) is 15.9. The number of rotatable bonds is 40. The highest BCUT2D eigenvalue weighted by atomic mass is 16.6. The van der Waals surface area contributed by atoms with Crippen LogP contribution in [0.5, 0.6) is 0 Å². The van der Waals surface area contributed by atoms with E-state index in [1.165, 1.54) is 186 Å². The summed E-state index contributed by atoms with van der Waals surface area (Å²) in [5, 5.41) is 12.3. The van der Waals surface area contributed by atoms with Gasteiger partial charge in [-0.1, -0.05) is 200 Å². The number of alkyl carbamates (subject to hydrolysis) is 1. The maximum Gasteiger partial charge on any atom is 0.407 e. The number of nitrogens with one attached hydrogen (secondary N) is 1. The van der Waals surface area contributed by atoms with E-state index in [1.54, 1.807) is 0 Å². The Labute approximate surface area is 307 Å². The van der Waals surface area contributed by atoms with Crippen LogP contribution in [-0.2, 0) is 9.47 Å².